The van der Waals surface area contributed by atoms with E-state index in [9.17, 15) is 24.6 Å². The molecule has 1 fully saturated rings. The number of benzene rings is 1. The molecule has 2 aliphatic heterocycles. The molecular formula is C28H24ClN3O7. The lowest BCUT2D eigenvalue weighted by Crippen LogP contribution is -2.44. The maximum atomic E-state index is 13.6. The Morgan fingerprint density at radius 3 is 2.85 bits per heavy atom. The fourth-order valence-electron chi connectivity index (χ4n) is 5.87. The van der Waals surface area contributed by atoms with Crippen molar-refractivity contribution in [2.75, 3.05) is 0 Å². The number of nitrogens with one attached hydrogen (secondary N) is 1. The van der Waals surface area contributed by atoms with E-state index in [1.54, 1.807) is 29.7 Å². The number of halogens is 1. The van der Waals surface area contributed by atoms with Crippen LogP contribution in [0.3, 0.4) is 0 Å². The van der Waals surface area contributed by atoms with Crippen LogP contribution in [0.5, 0.6) is 0 Å². The van der Waals surface area contributed by atoms with Crippen LogP contribution >= 0.6 is 11.6 Å². The molecule has 200 valence electrons. The highest BCUT2D eigenvalue weighted by Crippen LogP contribution is 2.43. The minimum absolute atomic E-state index is 0.0271. The summed E-state index contributed by atoms with van der Waals surface area (Å²) in [4.78, 5) is 43.8. The van der Waals surface area contributed by atoms with Gasteiger partial charge in [0.2, 0.25) is 5.91 Å². The van der Waals surface area contributed by atoms with Gasteiger partial charge in [-0.15, -0.1) is 0 Å². The van der Waals surface area contributed by atoms with E-state index in [1.165, 1.54) is 6.26 Å². The number of pyridine rings is 2. The van der Waals surface area contributed by atoms with Crippen LogP contribution < -0.4 is 10.9 Å². The molecule has 2 atom stereocenters. The van der Waals surface area contributed by atoms with Gasteiger partial charge >= 0.3 is 5.97 Å². The van der Waals surface area contributed by atoms with Crippen LogP contribution in [0.25, 0.3) is 33.3 Å². The SMILES string of the molecule is CC[C@@]1(O)C(=O)OCc2c1cc1n(c2=O)Cc2c-1nc1cc(Cl)c3occc3c1c2CNC(=O)C(O)C1CC1. The zero-order valence-corrected chi connectivity index (χ0v) is 21.7. The van der Waals surface area contributed by atoms with Crippen molar-refractivity contribution in [3.05, 3.63) is 62.1 Å². The van der Waals surface area contributed by atoms with Gasteiger partial charge in [0, 0.05) is 28.4 Å². The molecule has 7 rings (SSSR count). The van der Waals surface area contributed by atoms with Crippen LogP contribution in [-0.2, 0) is 39.6 Å². The zero-order valence-electron chi connectivity index (χ0n) is 20.9. The molecule has 1 saturated carbocycles. The predicted octanol–water partition coefficient (Wildman–Crippen LogP) is 2.87. The molecule has 3 aliphatic rings. The first kappa shape index (κ1) is 24.3. The fourth-order valence-corrected chi connectivity index (χ4v) is 6.12. The van der Waals surface area contributed by atoms with Crippen LogP contribution in [0.15, 0.2) is 33.7 Å². The minimum Gasteiger partial charge on any atom is -0.463 e. The molecule has 1 aliphatic carbocycles. The molecule has 39 heavy (non-hydrogen) atoms. The second kappa shape index (κ2) is 8.38. The van der Waals surface area contributed by atoms with E-state index in [2.05, 4.69) is 5.32 Å². The van der Waals surface area contributed by atoms with Crippen LogP contribution in [0.1, 0.15) is 48.4 Å². The number of carbonyl (C=O) groups excluding carboxylic acids is 2. The molecule has 4 aromatic rings. The number of amides is 1. The Labute approximate surface area is 226 Å². The van der Waals surface area contributed by atoms with Gasteiger partial charge in [-0.25, -0.2) is 9.78 Å². The normalized spacial score (nSPS) is 20.5. The molecule has 11 heteroatoms. The lowest BCUT2D eigenvalue weighted by atomic mass is 9.86. The molecule has 0 bridgehead atoms. The first-order valence-electron chi connectivity index (χ1n) is 12.9. The average Bonchev–Trinajstić information content (AvgIpc) is 3.54. The summed E-state index contributed by atoms with van der Waals surface area (Å²) in [5, 5.41) is 26.2. The van der Waals surface area contributed by atoms with Crippen molar-refractivity contribution in [1.29, 1.82) is 0 Å². The highest BCUT2D eigenvalue weighted by Gasteiger charge is 2.45. The second-order valence-corrected chi connectivity index (χ2v) is 10.8. The van der Waals surface area contributed by atoms with Gasteiger partial charge in [-0.1, -0.05) is 18.5 Å². The third-order valence-corrected chi connectivity index (χ3v) is 8.51. The van der Waals surface area contributed by atoms with E-state index in [0.717, 1.165) is 18.2 Å². The van der Waals surface area contributed by atoms with Crippen LogP contribution in [0.4, 0.5) is 0 Å². The van der Waals surface area contributed by atoms with Crippen molar-refractivity contribution >= 4 is 45.3 Å². The molecule has 0 saturated heterocycles. The molecule has 0 radical (unpaired) electrons. The first-order valence-corrected chi connectivity index (χ1v) is 13.2. The van der Waals surface area contributed by atoms with E-state index in [1.807, 2.05) is 0 Å². The average molecular weight is 550 g/mol. The number of aliphatic hydroxyl groups excluding tert-OH is 1. The van der Waals surface area contributed by atoms with Gasteiger partial charge < -0.3 is 29.3 Å². The molecular weight excluding hydrogens is 526 g/mol. The Morgan fingerprint density at radius 2 is 2.10 bits per heavy atom. The van der Waals surface area contributed by atoms with E-state index in [4.69, 9.17) is 25.7 Å². The van der Waals surface area contributed by atoms with E-state index in [-0.39, 0.29) is 48.7 Å². The van der Waals surface area contributed by atoms with Crippen LogP contribution in [-0.4, -0.2) is 37.7 Å². The van der Waals surface area contributed by atoms with Crippen molar-refractivity contribution in [2.24, 2.45) is 5.92 Å². The van der Waals surface area contributed by atoms with Gasteiger partial charge in [0.1, 0.15) is 12.7 Å². The maximum Gasteiger partial charge on any atom is 0.343 e. The topological polar surface area (TPSA) is 144 Å². The Bertz CT molecular complexity index is 1800. The summed E-state index contributed by atoms with van der Waals surface area (Å²) in [6, 6.07) is 5.09. The summed E-state index contributed by atoms with van der Waals surface area (Å²) in [5.41, 5.74) is 1.50. The van der Waals surface area contributed by atoms with Crippen molar-refractivity contribution in [3.63, 3.8) is 0 Å². The van der Waals surface area contributed by atoms with Gasteiger partial charge in [0.15, 0.2) is 11.2 Å². The Morgan fingerprint density at radius 1 is 1.31 bits per heavy atom. The lowest BCUT2D eigenvalue weighted by molar-refractivity contribution is -0.172. The Balaban J connectivity index is 1.45. The number of furan rings is 1. The van der Waals surface area contributed by atoms with Gasteiger partial charge in [0.25, 0.3) is 5.56 Å². The minimum atomic E-state index is -1.94. The predicted molar refractivity (Wildman–Crippen MR) is 140 cm³/mol. The smallest absolute Gasteiger partial charge is 0.343 e. The number of hydrogen-bond acceptors (Lipinski definition) is 8. The van der Waals surface area contributed by atoms with Crippen molar-refractivity contribution in [1.82, 2.24) is 14.9 Å². The summed E-state index contributed by atoms with van der Waals surface area (Å²) >= 11 is 6.51. The van der Waals surface area contributed by atoms with E-state index < -0.39 is 23.6 Å². The summed E-state index contributed by atoms with van der Waals surface area (Å²) < 4.78 is 12.3. The summed E-state index contributed by atoms with van der Waals surface area (Å²) in [5.74, 6) is -1.28. The Hall–Kier alpha value is -3.73. The van der Waals surface area contributed by atoms with Gasteiger partial charge in [-0.3, -0.25) is 9.59 Å². The fraction of sp³-hybridized carbons (Fsp3) is 0.357. The molecule has 1 aromatic carbocycles. The van der Waals surface area contributed by atoms with Gasteiger partial charge in [0.05, 0.1) is 40.3 Å². The standard InChI is InChI=1S/C28H24ClN3O7/c1-2-28(37)17-7-20-22-15(10-32(20)26(35)16(17)11-39-27(28)36)14(9-30-25(34)23(33)12-3-4-12)21-13-5-6-38-24(13)18(29)8-19(21)31-22/h5-8,12,23,33,37H,2-4,9-11H2,1H3,(H,30,34)/t23?,28-/m0/s1. The number of rotatable bonds is 5. The van der Waals surface area contributed by atoms with E-state index in [0.29, 0.717) is 44.0 Å². The number of ether oxygens (including phenoxy) is 1. The van der Waals surface area contributed by atoms with Crippen LogP contribution in [0.2, 0.25) is 5.02 Å². The van der Waals surface area contributed by atoms with E-state index >= 15 is 0 Å². The highest BCUT2D eigenvalue weighted by atomic mass is 35.5. The molecule has 3 N–H and O–H groups in total. The third kappa shape index (κ3) is 3.41. The molecule has 0 spiro atoms. The number of carbonyl (C=O) groups is 2. The quantitative estimate of drug-likeness (QED) is 0.284. The number of nitrogens with zero attached hydrogens (tertiary/aromatic N) is 2. The summed E-state index contributed by atoms with van der Waals surface area (Å²) in [6.45, 7) is 1.66. The molecule has 1 unspecified atom stereocenters. The molecule has 5 heterocycles. The molecule has 1 amide bonds. The maximum absolute atomic E-state index is 13.6. The molecule has 3 aromatic heterocycles. The number of aromatic nitrogens is 2. The number of esters is 1. The monoisotopic (exact) mass is 549 g/mol. The largest absolute Gasteiger partial charge is 0.463 e. The highest BCUT2D eigenvalue weighted by molar-refractivity contribution is 6.36. The van der Waals surface area contributed by atoms with Crippen molar-refractivity contribution in [2.45, 2.75) is 57.6 Å². The first-order chi connectivity index (χ1) is 18.7. The second-order valence-electron chi connectivity index (χ2n) is 10.4. The Kier molecular flexibility index (Phi) is 5.23. The van der Waals surface area contributed by atoms with Crippen molar-refractivity contribution in [3.8, 4) is 11.4 Å². The lowest BCUT2D eigenvalue weighted by Gasteiger charge is -2.31. The number of hydrogen-bond donors (Lipinski definition) is 3. The summed E-state index contributed by atoms with van der Waals surface area (Å²) in [7, 11) is 0. The van der Waals surface area contributed by atoms with Crippen LogP contribution in [0, 0.1) is 5.92 Å². The molecule has 10 nitrogen and oxygen atoms in total. The number of cyclic esters (lactones) is 1. The zero-order chi connectivity index (χ0) is 27.2. The summed E-state index contributed by atoms with van der Waals surface area (Å²) in [6.07, 6.45) is 2.11. The van der Waals surface area contributed by atoms with Gasteiger partial charge in [-0.2, -0.15) is 0 Å². The van der Waals surface area contributed by atoms with Gasteiger partial charge in [-0.05, 0) is 48.9 Å². The number of aliphatic hydroxyl groups is 2. The van der Waals surface area contributed by atoms with Crippen molar-refractivity contribution < 1.29 is 29.0 Å². The third-order valence-electron chi connectivity index (χ3n) is 8.23. The number of fused-ring (bicyclic) bond motifs is 7.